The number of nitrogens with zero attached hydrogens (tertiary/aromatic N) is 1. The first-order valence-electron chi connectivity index (χ1n) is 5.44. The lowest BCUT2D eigenvalue weighted by atomic mass is 10.1. The lowest BCUT2D eigenvalue weighted by molar-refractivity contribution is -0.120. The standard InChI is InChI=1S/C12H17NO4S/c1-9-5-4-6-10(2)12(9)13(18(3,16)17)7-11(15)8-14/h4-6,14H,7-8H2,1-3H3. The Kier molecular flexibility index (Phi) is 4.48. The van der Waals surface area contributed by atoms with E-state index in [1.807, 2.05) is 6.07 Å². The van der Waals surface area contributed by atoms with E-state index in [9.17, 15) is 13.2 Å². The summed E-state index contributed by atoms with van der Waals surface area (Å²) < 4.78 is 24.6. The highest BCUT2D eigenvalue weighted by molar-refractivity contribution is 7.92. The van der Waals surface area contributed by atoms with E-state index < -0.39 is 22.4 Å². The van der Waals surface area contributed by atoms with Gasteiger partial charge in [-0.3, -0.25) is 9.10 Å². The Morgan fingerprint density at radius 2 is 1.78 bits per heavy atom. The van der Waals surface area contributed by atoms with E-state index in [0.29, 0.717) is 5.69 Å². The summed E-state index contributed by atoms with van der Waals surface area (Å²) in [5, 5.41) is 8.76. The van der Waals surface area contributed by atoms with E-state index in [4.69, 9.17) is 5.11 Å². The number of carbonyl (C=O) groups excluding carboxylic acids is 1. The van der Waals surface area contributed by atoms with Crippen molar-refractivity contribution < 1.29 is 18.3 Å². The van der Waals surface area contributed by atoms with E-state index in [1.165, 1.54) is 0 Å². The van der Waals surface area contributed by atoms with Gasteiger partial charge in [-0.05, 0) is 25.0 Å². The van der Waals surface area contributed by atoms with Crippen LogP contribution in [0, 0.1) is 13.8 Å². The van der Waals surface area contributed by atoms with E-state index in [0.717, 1.165) is 21.7 Å². The quantitative estimate of drug-likeness (QED) is 0.852. The number of benzene rings is 1. The molecule has 1 rings (SSSR count). The fourth-order valence-electron chi connectivity index (χ4n) is 1.77. The summed E-state index contributed by atoms with van der Waals surface area (Å²) >= 11 is 0. The minimum atomic E-state index is -3.57. The Morgan fingerprint density at radius 3 is 2.17 bits per heavy atom. The topological polar surface area (TPSA) is 74.7 Å². The number of hydrogen-bond donors (Lipinski definition) is 1. The number of carbonyl (C=O) groups is 1. The predicted molar refractivity (Wildman–Crippen MR) is 70.2 cm³/mol. The molecule has 0 fully saturated rings. The molecule has 0 aliphatic rings. The monoisotopic (exact) mass is 271 g/mol. The highest BCUT2D eigenvalue weighted by Crippen LogP contribution is 2.26. The summed E-state index contributed by atoms with van der Waals surface area (Å²) in [5.41, 5.74) is 2.04. The number of hydrogen-bond acceptors (Lipinski definition) is 4. The molecule has 1 aromatic rings. The third-order valence-electron chi connectivity index (χ3n) is 2.59. The lowest BCUT2D eigenvalue weighted by Gasteiger charge is -2.25. The molecule has 6 heteroatoms. The molecule has 5 nitrogen and oxygen atoms in total. The van der Waals surface area contributed by atoms with Gasteiger partial charge in [0.2, 0.25) is 10.0 Å². The smallest absolute Gasteiger partial charge is 0.232 e. The number of anilines is 1. The van der Waals surface area contributed by atoms with E-state index >= 15 is 0 Å². The minimum Gasteiger partial charge on any atom is -0.389 e. The number of aliphatic hydroxyl groups is 1. The van der Waals surface area contributed by atoms with Gasteiger partial charge in [-0.15, -0.1) is 0 Å². The normalized spacial score (nSPS) is 11.3. The highest BCUT2D eigenvalue weighted by Gasteiger charge is 2.23. The number of sulfonamides is 1. The lowest BCUT2D eigenvalue weighted by Crippen LogP contribution is -2.36. The molecule has 1 aromatic carbocycles. The second-order valence-corrected chi connectivity index (χ2v) is 6.11. The van der Waals surface area contributed by atoms with E-state index in [2.05, 4.69) is 0 Å². The molecule has 0 saturated carbocycles. The summed E-state index contributed by atoms with van der Waals surface area (Å²) in [5.74, 6) is -0.539. The molecule has 100 valence electrons. The van der Waals surface area contributed by atoms with Gasteiger partial charge in [0.15, 0.2) is 5.78 Å². The van der Waals surface area contributed by atoms with Crippen LogP contribution in [0.25, 0.3) is 0 Å². The molecule has 0 radical (unpaired) electrons. The fraction of sp³-hybridized carbons (Fsp3) is 0.417. The molecule has 1 N–H and O–H groups in total. The van der Waals surface area contributed by atoms with E-state index in [-0.39, 0.29) is 6.54 Å². The molecule has 18 heavy (non-hydrogen) atoms. The van der Waals surface area contributed by atoms with Gasteiger partial charge in [0.05, 0.1) is 18.5 Å². The summed E-state index contributed by atoms with van der Waals surface area (Å²) in [7, 11) is -3.57. The molecule has 0 heterocycles. The predicted octanol–water partition coefficient (Wildman–Crippen LogP) is 0.631. The van der Waals surface area contributed by atoms with Crippen molar-refractivity contribution in [1.29, 1.82) is 0 Å². The van der Waals surface area contributed by atoms with Crippen molar-refractivity contribution in [2.45, 2.75) is 13.8 Å². The van der Waals surface area contributed by atoms with Crippen LogP contribution in [-0.2, 0) is 14.8 Å². The first-order valence-corrected chi connectivity index (χ1v) is 7.28. The Morgan fingerprint density at radius 1 is 1.28 bits per heavy atom. The number of aryl methyl sites for hydroxylation is 2. The van der Waals surface area contributed by atoms with Gasteiger partial charge in [0.1, 0.15) is 6.61 Å². The van der Waals surface area contributed by atoms with Crippen LogP contribution < -0.4 is 4.31 Å². The average molecular weight is 271 g/mol. The summed E-state index contributed by atoms with van der Waals surface area (Å²) in [6.07, 6.45) is 1.05. The number of ketones is 1. The van der Waals surface area contributed by atoms with Crippen molar-refractivity contribution in [2.75, 3.05) is 23.7 Å². The second kappa shape index (κ2) is 5.49. The van der Waals surface area contributed by atoms with Crippen LogP contribution in [0.2, 0.25) is 0 Å². The molecule has 0 spiro atoms. The molecule has 0 amide bonds. The zero-order chi connectivity index (χ0) is 13.9. The maximum Gasteiger partial charge on any atom is 0.232 e. The largest absolute Gasteiger partial charge is 0.389 e. The third kappa shape index (κ3) is 3.30. The number of rotatable bonds is 5. The highest BCUT2D eigenvalue weighted by atomic mass is 32.2. The average Bonchev–Trinajstić information content (AvgIpc) is 2.25. The van der Waals surface area contributed by atoms with Gasteiger partial charge in [-0.2, -0.15) is 0 Å². The molecule has 0 saturated heterocycles. The van der Waals surface area contributed by atoms with Crippen LogP contribution >= 0.6 is 0 Å². The molecule has 0 atom stereocenters. The summed E-state index contributed by atoms with van der Waals surface area (Å²) in [6.45, 7) is 2.55. The molecule has 0 bridgehead atoms. The number of Topliss-reactive ketones (excluding diaryl/α,β-unsaturated/α-hetero) is 1. The molecule has 0 aliphatic carbocycles. The van der Waals surface area contributed by atoms with Crippen molar-refractivity contribution in [2.24, 2.45) is 0 Å². The second-order valence-electron chi connectivity index (χ2n) is 4.21. The third-order valence-corrected chi connectivity index (χ3v) is 3.70. The van der Waals surface area contributed by atoms with Gasteiger partial charge < -0.3 is 5.11 Å². The van der Waals surface area contributed by atoms with Crippen molar-refractivity contribution in [3.63, 3.8) is 0 Å². The molecular weight excluding hydrogens is 254 g/mol. The van der Waals surface area contributed by atoms with Crippen LogP contribution in [-0.4, -0.2) is 38.7 Å². The fourth-order valence-corrected chi connectivity index (χ4v) is 2.77. The van der Waals surface area contributed by atoms with Gasteiger partial charge in [0, 0.05) is 0 Å². The van der Waals surface area contributed by atoms with Crippen LogP contribution in [0.15, 0.2) is 18.2 Å². The maximum atomic E-state index is 11.8. The van der Waals surface area contributed by atoms with Gasteiger partial charge in [-0.25, -0.2) is 8.42 Å². The molecule has 0 aliphatic heterocycles. The Hall–Kier alpha value is -1.40. The van der Waals surface area contributed by atoms with Crippen LogP contribution in [0.3, 0.4) is 0 Å². The van der Waals surface area contributed by atoms with Gasteiger partial charge in [-0.1, -0.05) is 18.2 Å². The Labute approximate surface area is 107 Å². The SMILES string of the molecule is Cc1cccc(C)c1N(CC(=O)CO)S(C)(=O)=O. The van der Waals surface area contributed by atoms with Crippen LogP contribution in [0.1, 0.15) is 11.1 Å². The van der Waals surface area contributed by atoms with Crippen molar-refractivity contribution >= 4 is 21.5 Å². The molecular formula is C12H17NO4S. The van der Waals surface area contributed by atoms with Crippen LogP contribution in [0.5, 0.6) is 0 Å². The number of aliphatic hydroxyl groups excluding tert-OH is 1. The van der Waals surface area contributed by atoms with Gasteiger partial charge in [0.25, 0.3) is 0 Å². The van der Waals surface area contributed by atoms with Crippen molar-refractivity contribution in [3.05, 3.63) is 29.3 Å². The van der Waals surface area contributed by atoms with Gasteiger partial charge >= 0.3 is 0 Å². The van der Waals surface area contributed by atoms with Crippen LogP contribution in [0.4, 0.5) is 5.69 Å². The number of para-hydroxylation sites is 1. The minimum absolute atomic E-state index is 0.346. The summed E-state index contributed by atoms with van der Waals surface area (Å²) in [6, 6.07) is 5.39. The first-order chi connectivity index (χ1) is 8.27. The Balaban J connectivity index is 3.32. The van der Waals surface area contributed by atoms with Crippen molar-refractivity contribution in [1.82, 2.24) is 0 Å². The molecule has 0 aromatic heterocycles. The summed E-state index contributed by atoms with van der Waals surface area (Å²) in [4.78, 5) is 11.3. The van der Waals surface area contributed by atoms with Crippen molar-refractivity contribution in [3.8, 4) is 0 Å². The zero-order valence-electron chi connectivity index (χ0n) is 10.7. The maximum absolute atomic E-state index is 11.8. The van der Waals surface area contributed by atoms with E-state index in [1.54, 1.807) is 26.0 Å². The Bertz CT molecular complexity index is 531. The first kappa shape index (κ1) is 14.7. The zero-order valence-corrected chi connectivity index (χ0v) is 11.5. The molecule has 0 unspecified atom stereocenters.